The Morgan fingerprint density at radius 2 is 2.05 bits per heavy atom. The van der Waals surface area contributed by atoms with Crippen molar-refractivity contribution in [1.82, 2.24) is 9.88 Å². The first-order valence-corrected chi connectivity index (χ1v) is 7.61. The van der Waals surface area contributed by atoms with E-state index in [0.29, 0.717) is 0 Å². The molecule has 1 aromatic heterocycles. The van der Waals surface area contributed by atoms with Crippen LogP contribution in [0, 0.1) is 0 Å². The molecule has 0 fully saturated rings. The molecular formula is C18H23N3O. The molecule has 0 atom stereocenters. The molecule has 0 bridgehead atoms. The highest BCUT2D eigenvalue weighted by molar-refractivity contribution is 5.65. The lowest BCUT2D eigenvalue weighted by molar-refractivity contribution is 0.115. The van der Waals surface area contributed by atoms with Gasteiger partial charge in [-0.15, -0.1) is 0 Å². The number of benzene rings is 1. The standard InChI is InChI=1S/C18H23N3O/c1-18(2)12-19-17-16(22-18)9-8-15(20-17)14-7-5-6-13(10-14)11-21(3)4/h5-10H,11-12H2,1-4H3,(H,19,20). The van der Waals surface area contributed by atoms with Crippen LogP contribution in [0.5, 0.6) is 5.75 Å². The van der Waals surface area contributed by atoms with Crippen LogP contribution in [0.15, 0.2) is 36.4 Å². The third kappa shape index (κ3) is 3.22. The zero-order valence-electron chi connectivity index (χ0n) is 13.7. The van der Waals surface area contributed by atoms with Crippen molar-refractivity contribution in [1.29, 1.82) is 0 Å². The van der Waals surface area contributed by atoms with E-state index in [1.54, 1.807) is 0 Å². The van der Waals surface area contributed by atoms with E-state index < -0.39 is 0 Å². The molecule has 22 heavy (non-hydrogen) atoms. The van der Waals surface area contributed by atoms with Crippen molar-refractivity contribution in [2.75, 3.05) is 26.0 Å². The van der Waals surface area contributed by atoms with Gasteiger partial charge in [-0.3, -0.25) is 0 Å². The fourth-order valence-electron chi connectivity index (χ4n) is 2.64. The van der Waals surface area contributed by atoms with Gasteiger partial charge in [0.25, 0.3) is 0 Å². The summed E-state index contributed by atoms with van der Waals surface area (Å²) in [7, 11) is 4.15. The third-order valence-electron chi connectivity index (χ3n) is 3.65. The lowest BCUT2D eigenvalue weighted by atomic mass is 10.1. The first kappa shape index (κ1) is 14.9. The summed E-state index contributed by atoms with van der Waals surface area (Å²) in [6.07, 6.45) is 0. The molecule has 0 saturated carbocycles. The number of nitrogens with zero attached hydrogens (tertiary/aromatic N) is 2. The lowest BCUT2D eigenvalue weighted by Gasteiger charge is -2.32. The van der Waals surface area contributed by atoms with Crippen molar-refractivity contribution >= 4 is 5.82 Å². The van der Waals surface area contributed by atoms with Crippen LogP contribution in [0.25, 0.3) is 11.3 Å². The first-order chi connectivity index (χ1) is 10.4. The number of pyridine rings is 1. The number of anilines is 1. The maximum Gasteiger partial charge on any atom is 0.169 e. The fraction of sp³-hybridized carbons (Fsp3) is 0.389. The number of fused-ring (bicyclic) bond motifs is 1. The van der Waals surface area contributed by atoms with Crippen molar-refractivity contribution < 1.29 is 4.74 Å². The van der Waals surface area contributed by atoms with E-state index in [-0.39, 0.29) is 5.60 Å². The predicted molar refractivity (Wildman–Crippen MR) is 90.3 cm³/mol. The van der Waals surface area contributed by atoms with E-state index in [1.165, 1.54) is 5.56 Å². The normalized spacial score (nSPS) is 15.9. The van der Waals surface area contributed by atoms with Crippen LogP contribution >= 0.6 is 0 Å². The molecule has 0 unspecified atom stereocenters. The van der Waals surface area contributed by atoms with E-state index in [9.17, 15) is 0 Å². The first-order valence-electron chi connectivity index (χ1n) is 7.61. The van der Waals surface area contributed by atoms with Crippen molar-refractivity contribution in [2.24, 2.45) is 0 Å². The Labute approximate surface area is 132 Å². The summed E-state index contributed by atoms with van der Waals surface area (Å²) in [6, 6.07) is 12.6. The van der Waals surface area contributed by atoms with Crippen molar-refractivity contribution in [3.05, 3.63) is 42.0 Å². The Bertz CT molecular complexity index is 680. The van der Waals surface area contributed by atoms with Crippen LogP contribution in [0.4, 0.5) is 5.82 Å². The Hall–Kier alpha value is -2.07. The van der Waals surface area contributed by atoms with Gasteiger partial charge in [0, 0.05) is 12.1 Å². The van der Waals surface area contributed by atoms with E-state index in [4.69, 9.17) is 9.72 Å². The maximum absolute atomic E-state index is 5.95. The molecular weight excluding hydrogens is 274 g/mol. The number of aromatic nitrogens is 1. The number of ether oxygens (including phenoxy) is 1. The summed E-state index contributed by atoms with van der Waals surface area (Å²) in [4.78, 5) is 6.88. The highest BCUT2D eigenvalue weighted by Gasteiger charge is 2.27. The Morgan fingerprint density at radius 3 is 2.82 bits per heavy atom. The van der Waals surface area contributed by atoms with Crippen LogP contribution in [0.1, 0.15) is 19.4 Å². The van der Waals surface area contributed by atoms with Gasteiger partial charge in [0.2, 0.25) is 0 Å². The molecule has 0 amide bonds. The molecule has 116 valence electrons. The minimum Gasteiger partial charge on any atom is -0.482 e. The Morgan fingerprint density at radius 1 is 1.23 bits per heavy atom. The number of nitrogens with one attached hydrogen (secondary N) is 1. The van der Waals surface area contributed by atoms with Gasteiger partial charge in [-0.2, -0.15) is 0 Å². The molecule has 2 heterocycles. The molecule has 2 aromatic rings. The molecule has 1 aliphatic rings. The van der Waals surface area contributed by atoms with Crippen LogP contribution in [0.3, 0.4) is 0 Å². The smallest absolute Gasteiger partial charge is 0.169 e. The quantitative estimate of drug-likeness (QED) is 0.942. The van der Waals surface area contributed by atoms with Crippen molar-refractivity contribution in [3.63, 3.8) is 0 Å². The van der Waals surface area contributed by atoms with Gasteiger partial charge in [0.1, 0.15) is 5.60 Å². The molecule has 0 aliphatic carbocycles. The van der Waals surface area contributed by atoms with Gasteiger partial charge in [-0.1, -0.05) is 18.2 Å². The minimum absolute atomic E-state index is 0.193. The van der Waals surface area contributed by atoms with Gasteiger partial charge in [-0.05, 0) is 51.7 Å². The predicted octanol–water partition coefficient (Wildman–Crippen LogP) is 3.39. The molecule has 4 heteroatoms. The highest BCUT2D eigenvalue weighted by atomic mass is 16.5. The number of hydrogen-bond acceptors (Lipinski definition) is 4. The molecule has 0 spiro atoms. The van der Waals surface area contributed by atoms with Gasteiger partial charge in [0.05, 0.1) is 12.2 Å². The zero-order chi connectivity index (χ0) is 15.7. The van der Waals surface area contributed by atoms with Gasteiger partial charge in [0.15, 0.2) is 11.6 Å². The Kier molecular flexibility index (Phi) is 3.79. The average molecular weight is 297 g/mol. The molecule has 0 radical (unpaired) electrons. The van der Waals surface area contributed by atoms with Gasteiger partial charge in [-0.25, -0.2) is 4.98 Å². The molecule has 4 nitrogen and oxygen atoms in total. The summed E-state index contributed by atoms with van der Waals surface area (Å²) in [5.41, 5.74) is 3.19. The molecule has 0 saturated heterocycles. The van der Waals surface area contributed by atoms with E-state index in [2.05, 4.69) is 62.4 Å². The molecule has 1 aliphatic heterocycles. The topological polar surface area (TPSA) is 37.4 Å². The fourth-order valence-corrected chi connectivity index (χ4v) is 2.64. The lowest BCUT2D eigenvalue weighted by Crippen LogP contribution is -2.40. The molecule has 1 aromatic carbocycles. The van der Waals surface area contributed by atoms with Gasteiger partial charge >= 0.3 is 0 Å². The second-order valence-corrected chi connectivity index (χ2v) is 6.70. The third-order valence-corrected chi connectivity index (χ3v) is 3.65. The summed E-state index contributed by atoms with van der Waals surface area (Å²) in [6.45, 7) is 5.83. The van der Waals surface area contributed by atoms with Crippen molar-refractivity contribution in [2.45, 2.75) is 26.0 Å². The van der Waals surface area contributed by atoms with E-state index in [0.717, 1.165) is 35.9 Å². The molecule has 1 N–H and O–H groups in total. The SMILES string of the molecule is CN(C)Cc1cccc(-c2ccc3c(n2)NCC(C)(C)O3)c1. The number of hydrogen-bond donors (Lipinski definition) is 1. The van der Waals surface area contributed by atoms with Crippen LogP contribution in [-0.4, -0.2) is 36.1 Å². The van der Waals surface area contributed by atoms with E-state index >= 15 is 0 Å². The summed E-state index contributed by atoms with van der Waals surface area (Å²) < 4.78 is 5.95. The second kappa shape index (κ2) is 5.61. The van der Waals surface area contributed by atoms with Crippen LogP contribution < -0.4 is 10.1 Å². The maximum atomic E-state index is 5.95. The summed E-state index contributed by atoms with van der Waals surface area (Å²) >= 11 is 0. The molecule has 3 rings (SSSR count). The van der Waals surface area contributed by atoms with Crippen molar-refractivity contribution in [3.8, 4) is 17.0 Å². The Balaban J connectivity index is 1.90. The van der Waals surface area contributed by atoms with Crippen LogP contribution in [-0.2, 0) is 6.54 Å². The second-order valence-electron chi connectivity index (χ2n) is 6.70. The zero-order valence-corrected chi connectivity index (χ0v) is 13.7. The summed E-state index contributed by atoms with van der Waals surface area (Å²) in [5, 5.41) is 3.37. The number of rotatable bonds is 3. The highest BCUT2D eigenvalue weighted by Crippen LogP contribution is 2.33. The monoisotopic (exact) mass is 297 g/mol. The minimum atomic E-state index is -0.193. The largest absolute Gasteiger partial charge is 0.482 e. The van der Waals surface area contributed by atoms with Gasteiger partial charge < -0.3 is 15.0 Å². The summed E-state index contributed by atoms with van der Waals surface area (Å²) in [5.74, 6) is 1.65. The van der Waals surface area contributed by atoms with Crippen LogP contribution in [0.2, 0.25) is 0 Å². The van der Waals surface area contributed by atoms with E-state index in [1.807, 2.05) is 12.1 Å². The average Bonchev–Trinajstić information content (AvgIpc) is 2.45.